The lowest BCUT2D eigenvalue weighted by Gasteiger charge is -2.46. The highest BCUT2D eigenvalue weighted by Crippen LogP contribution is 2.50. The second kappa shape index (κ2) is 8.49. The van der Waals surface area contributed by atoms with Gasteiger partial charge in [0.1, 0.15) is 11.5 Å². The molecule has 2 aromatic heterocycles. The van der Waals surface area contributed by atoms with Crippen LogP contribution in [-0.2, 0) is 20.5 Å². The van der Waals surface area contributed by atoms with E-state index in [0.29, 0.717) is 12.2 Å². The summed E-state index contributed by atoms with van der Waals surface area (Å²) in [6, 6.07) is 5.44. The third-order valence-corrected chi connectivity index (χ3v) is 7.07. The number of carbonyl (C=O) groups excluding carboxylic acids is 2. The first-order valence-electron chi connectivity index (χ1n) is 9.44. The molecule has 30 heavy (non-hydrogen) atoms. The number of pyridine rings is 1. The molecule has 0 aromatic carbocycles. The van der Waals surface area contributed by atoms with E-state index < -0.39 is 18.0 Å². The maximum absolute atomic E-state index is 12.6. The van der Waals surface area contributed by atoms with Gasteiger partial charge in [-0.25, -0.2) is 4.79 Å². The Morgan fingerprint density at radius 1 is 1.47 bits per heavy atom. The molecule has 3 unspecified atom stereocenters. The van der Waals surface area contributed by atoms with Crippen molar-refractivity contribution in [1.29, 1.82) is 0 Å². The molecule has 1 N–H and O–H groups in total. The Balaban J connectivity index is 1.56. The van der Waals surface area contributed by atoms with Crippen molar-refractivity contribution in [2.24, 2.45) is 16.5 Å². The molecule has 0 spiro atoms. The molecule has 2 aliphatic rings. The van der Waals surface area contributed by atoms with Crippen molar-refractivity contribution >= 4 is 45.9 Å². The molecule has 4 atom stereocenters. The van der Waals surface area contributed by atoms with Gasteiger partial charge in [0.15, 0.2) is 5.65 Å². The van der Waals surface area contributed by atoms with Crippen molar-refractivity contribution in [3.05, 3.63) is 40.8 Å². The standard InChI is InChI=1S/C18H19BN5O4PS/c1-9-14-13(10(2)25)17(26)24(14)15(18(27)28-29-22-19)16(9)30-8-6-12-21-20-11-5-3-4-7-23(11)12/h3-5,7,9-10,13-14,25H,6,8H2,1-2H3/t9-,10?,13?,14?/m1/s1. The molecular formula is C18H19BN5O4PS. The summed E-state index contributed by atoms with van der Waals surface area (Å²) < 4.78 is 10.2. The molecule has 0 saturated carbocycles. The Kier molecular flexibility index (Phi) is 5.95. The van der Waals surface area contributed by atoms with Crippen LogP contribution in [0.3, 0.4) is 0 Å². The zero-order valence-electron chi connectivity index (χ0n) is 16.4. The molecule has 4 heterocycles. The monoisotopic (exact) mass is 443 g/mol. The minimum atomic E-state index is -0.789. The molecule has 12 heteroatoms. The van der Waals surface area contributed by atoms with Crippen LogP contribution in [0.2, 0.25) is 0 Å². The summed E-state index contributed by atoms with van der Waals surface area (Å²) in [6.45, 7) is 3.55. The van der Waals surface area contributed by atoms with E-state index in [1.54, 1.807) is 6.92 Å². The number of β-lactam (4-membered cyclic amide) rings is 1. The summed E-state index contributed by atoms with van der Waals surface area (Å²) in [6.07, 6.45) is 1.74. The third-order valence-electron chi connectivity index (χ3n) is 5.44. The first-order chi connectivity index (χ1) is 14.5. The highest BCUT2D eigenvalue weighted by atomic mass is 32.2. The molecule has 1 amide bonds. The van der Waals surface area contributed by atoms with Crippen LogP contribution in [0.5, 0.6) is 0 Å². The molecule has 1 fully saturated rings. The molecule has 2 aromatic rings. The quantitative estimate of drug-likeness (QED) is 0.395. The molecule has 9 nitrogen and oxygen atoms in total. The molecule has 1 saturated heterocycles. The van der Waals surface area contributed by atoms with Gasteiger partial charge in [-0.1, -0.05) is 13.0 Å². The maximum atomic E-state index is 12.6. The van der Waals surface area contributed by atoms with Crippen LogP contribution in [-0.4, -0.2) is 62.4 Å². The number of aromatic nitrogens is 3. The normalized spacial score (nSPS) is 24.4. The van der Waals surface area contributed by atoms with Crippen molar-refractivity contribution < 1.29 is 19.2 Å². The fraction of sp³-hybridized carbons (Fsp3) is 0.444. The van der Waals surface area contributed by atoms with Crippen molar-refractivity contribution in [3.8, 4) is 0 Å². The van der Waals surface area contributed by atoms with Gasteiger partial charge < -0.3 is 19.2 Å². The summed E-state index contributed by atoms with van der Waals surface area (Å²) in [5.41, 5.74) is 0.996. The lowest BCUT2D eigenvalue weighted by Crippen LogP contribution is -2.63. The lowest BCUT2D eigenvalue weighted by atomic mass is 9.79. The number of aliphatic hydroxyl groups excluding tert-OH is 1. The number of aliphatic hydroxyl groups is 1. The molecule has 4 rings (SSSR count). The Labute approximate surface area is 180 Å². The third kappa shape index (κ3) is 3.44. The van der Waals surface area contributed by atoms with Gasteiger partial charge >= 0.3 is 5.97 Å². The van der Waals surface area contributed by atoms with Gasteiger partial charge in [-0.2, -0.15) is 0 Å². The number of nitrogens with zero attached hydrogens (tertiary/aromatic N) is 5. The van der Waals surface area contributed by atoms with E-state index in [1.165, 1.54) is 16.7 Å². The number of amides is 1. The lowest BCUT2D eigenvalue weighted by molar-refractivity contribution is -0.162. The second-order valence-electron chi connectivity index (χ2n) is 7.19. The Morgan fingerprint density at radius 2 is 2.27 bits per heavy atom. The van der Waals surface area contributed by atoms with E-state index in [9.17, 15) is 14.7 Å². The van der Waals surface area contributed by atoms with Gasteiger partial charge in [0.25, 0.3) is 7.98 Å². The van der Waals surface area contributed by atoms with Crippen LogP contribution < -0.4 is 0 Å². The molecule has 0 aliphatic carbocycles. The largest absolute Gasteiger partial charge is 0.393 e. The Hall–Kier alpha value is -2.23. The molecule has 2 aliphatic heterocycles. The first-order valence-corrected chi connectivity index (χ1v) is 11.2. The number of hydrogen-bond donors (Lipinski definition) is 1. The summed E-state index contributed by atoms with van der Waals surface area (Å²) in [5.74, 6) is -0.0916. The van der Waals surface area contributed by atoms with E-state index in [2.05, 4.69) is 14.9 Å². The highest BCUT2D eigenvalue weighted by Gasteiger charge is 2.60. The van der Waals surface area contributed by atoms with Crippen LogP contribution in [0.15, 0.2) is 39.7 Å². The molecule has 2 radical (unpaired) electrons. The number of carbonyl (C=O) groups is 2. The predicted molar refractivity (Wildman–Crippen MR) is 112 cm³/mol. The molecular weight excluding hydrogens is 424 g/mol. The Bertz CT molecular complexity index is 1060. The van der Waals surface area contributed by atoms with E-state index in [4.69, 9.17) is 12.5 Å². The number of hydrogen-bond acceptors (Lipinski definition) is 8. The summed E-state index contributed by atoms with van der Waals surface area (Å²) in [7, 11) is 5.03. The van der Waals surface area contributed by atoms with Crippen molar-refractivity contribution in [3.63, 3.8) is 0 Å². The smallest absolute Gasteiger partial charge is 0.365 e. The summed E-state index contributed by atoms with van der Waals surface area (Å²) >= 11 is 1.49. The zero-order valence-corrected chi connectivity index (χ0v) is 18.1. The SMILES string of the molecule is [B]N=POC(=O)C1=C(SCCc2nnc3ccccn23)[C@H](C)C2C(C(C)O)C(=O)N12. The fourth-order valence-corrected chi connectivity index (χ4v) is 5.56. The van der Waals surface area contributed by atoms with Crippen molar-refractivity contribution in [2.75, 3.05) is 5.75 Å². The average Bonchev–Trinajstić information content (AvgIpc) is 3.24. The van der Waals surface area contributed by atoms with E-state index >= 15 is 0 Å². The van der Waals surface area contributed by atoms with Crippen molar-refractivity contribution in [2.45, 2.75) is 32.4 Å². The minimum absolute atomic E-state index is 0.0345. The van der Waals surface area contributed by atoms with Gasteiger partial charge in [-0.3, -0.25) is 9.20 Å². The topological polar surface area (TPSA) is 109 Å². The molecule has 0 bridgehead atoms. The minimum Gasteiger partial charge on any atom is -0.393 e. The predicted octanol–water partition coefficient (Wildman–Crippen LogP) is 1.75. The summed E-state index contributed by atoms with van der Waals surface area (Å²) in [4.78, 5) is 27.5. The van der Waals surface area contributed by atoms with Gasteiger partial charge in [0.2, 0.25) is 14.5 Å². The summed E-state index contributed by atoms with van der Waals surface area (Å²) in [5, 5.41) is 18.4. The molecule has 154 valence electrons. The van der Waals surface area contributed by atoms with Crippen LogP contribution in [0.1, 0.15) is 19.7 Å². The first kappa shape index (κ1) is 21.0. The van der Waals surface area contributed by atoms with Crippen LogP contribution in [0.25, 0.3) is 5.65 Å². The fourth-order valence-electron chi connectivity index (χ4n) is 4.12. The second-order valence-corrected chi connectivity index (χ2v) is 8.90. The van der Waals surface area contributed by atoms with Crippen LogP contribution in [0.4, 0.5) is 0 Å². The number of rotatable bonds is 7. The van der Waals surface area contributed by atoms with Gasteiger partial charge in [-0.15, -0.1) is 22.0 Å². The number of aryl methyl sites for hydroxylation is 1. The number of fused-ring (bicyclic) bond motifs is 2. The van der Waals surface area contributed by atoms with E-state index in [0.717, 1.165) is 16.4 Å². The van der Waals surface area contributed by atoms with Gasteiger partial charge in [0, 0.05) is 29.2 Å². The van der Waals surface area contributed by atoms with E-state index in [1.807, 2.05) is 35.7 Å². The highest BCUT2D eigenvalue weighted by molar-refractivity contribution is 8.03. The van der Waals surface area contributed by atoms with E-state index in [-0.39, 0.29) is 32.2 Å². The van der Waals surface area contributed by atoms with Crippen molar-refractivity contribution in [1.82, 2.24) is 19.5 Å². The maximum Gasteiger partial charge on any atom is 0.365 e. The van der Waals surface area contributed by atoms with Crippen LogP contribution >= 0.6 is 20.4 Å². The average molecular weight is 443 g/mol. The Morgan fingerprint density at radius 3 is 3.00 bits per heavy atom. The number of thioether (sulfide) groups is 1. The van der Waals surface area contributed by atoms with Crippen LogP contribution in [0, 0.1) is 11.8 Å². The van der Waals surface area contributed by atoms with Gasteiger partial charge in [-0.05, 0) is 19.1 Å². The zero-order chi connectivity index (χ0) is 21.4. The van der Waals surface area contributed by atoms with Gasteiger partial charge in [0.05, 0.1) is 18.1 Å².